The van der Waals surface area contributed by atoms with E-state index in [9.17, 15) is 4.79 Å². The number of carbonyl (C=O) groups excluding carboxylic acids is 1. The summed E-state index contributed by atoms with van der Waals surface area (Å²) in [7, 11) is 0. The van der Waals surface area contributed by atoms with Gasteiger partial charge in [-0.3, -0.25) is 4.79 Å². The average molecular weight is 289 g/mol. The summed E-state index contributed by atoms with van der Waals surface area (Å²) in [4.78, 5) is 20.2. The van der Waals surface area contributed by atoms with Crippen LogP contribution in [0.3, 0.4) is 0 Å². The van der Waals surface area contributed by atoms with E-state index in [4.69, 9.17) is 4.52 Å². The van der Waals surface area contributed by atoms with Crippen LogP contribution in [0.25, 0.3) is 0 Å². The molecule has 1 amide bonds. The second-order valence-corrected chi connectivity index (χ2v) is 4.60. The number of amides is 1. The lowest BCUT2D eigenvalue weighted by Crippen LogP contribution is -2.25. The Labute approximate surface area is 123 Å². The predicted molar refractivity (Wildman–Crippen MR) is 78.1 cm³/mol. The van der Waals surface area contributed by atoms with Crippen molar-refractivity contribution in [1.82, 2.24) is 20.4 Å². The molecule has 2 heterocycles. The first-order chi connectivity index (χ1) is 10.2. The minimum Gasteiger partial charge on any atom is -0.370 e. The normalized spacial score (nSPS) is 10.4. The standard InChI is InChI=1S/C14H19N5O2/c1-3-7-15-12-5-4-11(9-17-12)14(20)16-8-6-13-18-10(2)19-21-13/h4-5,9H,3,6-8H2,1-2H3,(H,15,17)(H,16,20). The second-order valence-electron chi connectivity index (χ2n) is 4.60. The van der Waals surface area contributed by atoms with Crippen LogP contribution in [-0.2, 0) is 6.42 Å². The third kappa shape index (κ3) is 4.55. The lowest BCUT2D eigenvalue weighted by atomic mass is 10.2. The van der Waals surface area contributed by atoms with E-state index >= 15 is 0 Å². The molecule has 112 valence electrons. The van der Waals surface area contributed by atoms with Crippen LogP contribution in [0.4, 0.5) is 5.82 Å². The molecule has 0 aliphatic carbocycles. The highest BCUT2D eigenvalue weighted by Crippen LogP contribution is 2.05. The maximum Gasteiger partial charge on any atom is 0.252 e. The topological polar surface area (TPSA) is 92.9 Å². The largest absolute Gasteiger partial charge is 0.370 e. The Bertz CT molecular complexity index is 579. The van der Waals surface area contributed by atoms with E-state index in [-0.39, 0.29) is 5.91 Å². The third-order valence-electron chi connectivity index (χ3n) is 2.78. The van der Waals surface area contributed by atoms with Crippen molar-refractivity contribution in [3.63, 3.8) is 0 Å². The van der Waals surface area contributed by atoms with E-state index in [1.54, 1.807) is 25.3 Å². The molecule has 0 unspecified atom stereocenters. The van der Waals surface area contributed by atoms with Gasteiger partial charge >= 0.3 is 0 Å². The molecule has 0 spiro atoms. The number of aryl methyl sites for hydroxylation is 1. The van der Waals surface area contributed by atoms with Crippen LogP contribution in [0.15, 0.2) is 22.9 Å². The molecule has 0 radical (unpaired) electrons. The fourth-order valence-electron chi connectivity index (χ4n) is 1.71. The zero-order valence-electron chi connectivity index (χ0n) is 12.2. The minimum absolute atomic E-state index is 0.166. The minimum atomic E-state index is -0.166. The number of nitrogens with one attached hydrogen (secondary N) is 2. The third-order valence-corrected chi connectivity index (χ3v) is 2.78. The van der Waals surface area contributed by atoms with Gasteiger partial charge in [-0.25, -0.2) is 4.98 Å². The number of pyridine rings is 1. The molecule has 7 heteroatoms. The Balaban J connectivity index is 1.79. The SMILES string of the molecule is CCCNc1ccc(C(=O)NCCc2nc(C)no2)cn1. The van der Waals surface area contributed by atoms with Gasteiger partial charge in [0.2, 0.25) is 5.89 Å². The first-order valence-electron chi connectivity index (χ1n) is 6.96. The second kappa shape index (κ2) is 7.37. The number of hydrogen-bond acceptors (Lipinski definition) is 6. The van der Waals surface area contributed by atoms with Gasteiger partial charge in [0.25, 0.3) is 5.91 Å². The monoisotopic (exact) mass is 289 g/mol. The van der Waals surface area contributed by atoms with E-state index in [0.717, 1.165) is 18.8 Å². The molecule has 0 aliphatic rings. The van der Waals surface area contributed by atoms with Gasteiger partial charge in [0, 0.05) is 25.7 Å². The van der Waals surface area contributed by atoms with Crippen molar-refractivity contribution >= 4 is 11.7 Å². The highest BCUT2D eigenvalue weighted by molar-refractivity contribution is 5.94. The van der Waals surface area contributed by atoms with Crippen LogP contribution in [0.5, 0.6) is 0 Å². The Morgan fingerprint density at radius 3 is 2.81 bits per heavy atom. The van der Waals surface area contributed by atoms with Crippen molar-refractivity contribution < 1.29 is 9.32 Å². The van der Waals surface area contributed by atoms with Gasteiger partial charge in [0.15, 0.2) is 5.82 Å². The zero-order chi connectivity index (χ0) is 15.1. The van der Waals surface area contributed by atoms with Crippen LogP contribution < -0.4 is 10.6 Å². The predicted octanol–water partition coefficient (Wildman–Crippen LogP) is 1.57. The van der Waals surface area contributed by atoms with E-state index in [1.165, 1.54) is 0 Å². The fraction of sp³-hybridized carbons (Fsp3) is 0.429. The van der Waals surface area contributed by atoms with Crippen LogP contribution in [0, 0.1) is 6.92 Å². The Morgan fingerprint density at radius 1 is 1.33 bits per heavy atom. The molecule has 0 aromatic carbocycles. The molecule has 2 N–H and O–H groups in total. The molecule has 0 saturated carbocycles. The van der Waals surface area contributed by atoms with Crippen molar-refractivity contribution in [1.29, 1.82) is 0 Å². The molecule has 7 nitrogen and oxygen atoms in total. The summed E-state index contributed by atoms with van der Waals surface area (Å²) in [5.41, 5.74) is 0.527. The Hall–Kier alpha value is -2.44. The van der Waals surface area contributed by atoms with Crippen LogP contribution in [0.2, 0.25) is 0 Å². The van der Waals surface area contributed by atoms with Crippen molar-refractivity contribution in [3.05, 3.63) is 35.6 Å². The summed E-state index contributed by atoms with van der Waals surface area (Å²) >= 11 is 0. The lowest BCUT2D eigenvalue weighted by molar-refractivity contribution is 0.0953. The number of anilines is 1. The zero-order valence-corrected chi connectivity index (χ0v) is 12.2. The molecule has 0 saturated heterocycles. The summed E-state index contributed by atoms with van der Waals surface area (Å²) < 4.78 is 4.97. The van der Waals surface area contributed by atoms with Gasteiger partial charge in [0.05, 0.1) is 5.56 Å². The molecule has 21 heavy (non-hydrogen) atoms. The number of nitrogens with zero attached hydrogens (tertiary/aromatic N) is 3. The van der Waals surface area contributed by atoms with Crippen LogP contribution in [0.1, 0.15) is 35.4 Å². The number of aromatic nitrogens is 3. The summed E-state index contributed by atoms with van der Waals surface area (Å²) in [6, 6.07) is 3.54. The first-order valence-corrected chi connectivity index (χ1v) is 6.96. The molecular weight excluding hydrogens is 270 g/mol. The maximum atomic E-state index is 11.9. The molecular formula is C14H19N5O2. The summed E-state index contributed by atoms with van der Waals surface area (Å²) in [5, 5.41) is 9.64. The van der Waals surface area contributed by atoms with E-state index in [2.05, 4.69) is 32.7 Å². The van der Waals surface area contributed by atoms with Gasteiger partial charge in [0.1, 0.15) is 5.82 Å². The molecule has 0 atom stereocenters. The number of hydrogen-bond donors (Lipinski definition) is 2. The van der Waals surface area contributed by atoms with E-state index in [0.29, 0.717) is 30.2 Å². The molecule has 2 aromatic heterocycles. The van der Waals surface area contributed by atoms with Crippen LogP contribution in [-0.4, -0.2) is 34.1 Å². The van der Waals surface area contributed by atoms with Gasteiger partial charge in [-0.05, 0) is 25.5 Å². The summed E-state index contributed by atoms with van der Waals surface area (Å²) in [5.74, 6) is 1.72. The average Bonchev–Trinajstić information content (AvgIpc) is 2.91. The fourth-order valence-corrected chi connectivity index (χ4v) is 1.71. The van der Waals surface area contributed by atoms with Crippen molar-refractivity contribution in [2.45, 2.75) is 26.7 Å². The summed E-state index contributed by atoms with van der Waals surface area (Å²) in [6.07, 6.45) is 3.10. The first kappa shape index (κ1) is 15.0. The van der Waals surface area contributed by atoms with Gasteiger partial charge < -0.3 is 15.2 Å². The smallest absolute Gasteiger partial charge is 0.252 e. The maximum absolute atomic E-state index is 11.9. The van der Waals surface area contributed by atoms with Crippen molar-refractivity contribution in [2.75, 3.05) is 18.4 Å². The Kier molecular flexibility index (Phi) is 5.25. The van der Waals surface area contributed by atoms with Crippen molar-refractivity contribution in [2.24, 2.45) is 0 Å². The number of carbonyl (C=O) groups is 1. The Morgan fingerprint density at radius 2 is 2.19 bits per heavy atom. The van der Waals surface area contributed by atoms with E-state index in [1.807, 2.05) is 0 Å². The molecule has 2 aromatic rings. The summed E-state index contributed by atoms with van der Waals surface area (Å²) in [6.45, 7) is 5.14. The van der Waals surface area contributed by atoms with Gasteiger partial charge in [-0.1, -0.05) is 12.1 Å². The molecule has 0 aliphatic heterocycles. The molecule has 0 bridgehead atoms. The van der Waals surface area contributed by atoms with Gasteiger partial charge in [-0.15, -0.1) is 0 Å². The molecule has 2 rings (SSSR count). The van der Waals surface area contributed by atoms with Crippen molar-refractivity contribution in [3.8, 4) is 0 Å². The highest BCUT2D eigenvalue weighted by Gasteiger charge is 2.07. The highest BCUT2D eigenvalue weighted by atomic mass is 16.5. The van der Waals surface area contributed by atoms with Gasteiger partial charge in [-0.2, -0.15) is 4.98 Å². The van der Waals surface area contributed by atoms with Crippen LogP contribution >= 0.6 is 0 Å². The quantitative estimate of drug-likeness (QED) is 0.803. The molecule has 0 fully saturated rings. The number of rotatable bonds is 7. The lowest BCUT2D eigenvalue weighted by Gasteiger charge is -2.06. The van der Waals surface area contributed by atoms with E-state index < -0.39 is 0 Å².